The minimum atomic E-state index is 0.830. The summed E-state index contributed by atoms with van der Waals surface area (Å²) in [6, 6.07) is 16.0. The maximum absolute atomic E-state index is 4.37. The molecule has 3 aromatic rings. The van der Waals surface area contributed by atoms with Crippen molar-refractivity contribution in [1.29, 1.82) is 0 Å². The fourth-order valence-corrected chi connectivity index (χ4v) is 2.27. The topological polar surface area (TPSA) is 40.9 Å². The Hall–Kier alpha value is -2.75. The quantitative estimate of drug-likeness (QED) is 0.635. The molecule has 0 saturated heterocycles. The van der Waals surface area contributed by atoms with Crippen molar-refractivity contribution in [3.63, 3.8) is 0 Å². The van der Waals surface area contributed by atoms with Gasteiger partial charge in [0.25, 0.3) is 0 Å². The summed E-state index contributed by atoms with van der Waals surface area (Å²) in [7, 11) is 4.05. The second-order valence-corrected chi connectivity index (χ2v) is 5.45. The molecule has 3 rings (SSSR count). The van der Waals surface area contributed by atoms with E-state index in [0.29, 0.717) is 0 Å². The normalized spacial score (nSPS) is 11.2. The molecule has 0 unspecified atom stereocenters. The van der Waals surface area contributed by atoms with Gasteiger partial charge in [0.05, 0.1) is 16.9 Å². The van der Waals surface area contributed by atoms with Crippen LogP contribution in [0.1, 0.15) is 5.56 Å². The van der Waals surface area contributed by atoms with Gasteiger partial charge >= 0.3 is 0 Å². The molecule has 0 N–H and O–H groups in total. The van der Waals surface area contributed by atoms with Crippen molar-refractivity contribution in [1.82, 2.24) is 4.98 Å². The number of aromatic nitrogens is 1. The molecule has 1 aromatic heterocycles. The van der Waals surface area contributed by atoms with Gasteiger partial charge in [-0.25, -0.2) is 0 Å². The molecule has 0 aliphatic rings. The zero-order valence-electron chi connectivity index (χ0n) is 13.0. The molecule has 0 saturated carbocycles. The van der Waals surface area contributed by atoms with Gasteiger partial charge in [-0.3, -0.25) is 4.98 Å². The second-order valence-electron chi connectivity index (χ2n) is 5.45. The first kappa shape index (κ1) is 14.2. The molecule has 0 bridgehead atoms. The lowest BCUT2D eigenvalue weighted by atomic mass is 10.2. The van der Waals surface area contributed by atoms with E-state index in [1.165, 1.54) is 0 Å². The molecule has 4 nitrogen and oxygen atoms in total. The van der Waals surface area contributed by atoms with Crippen molar-refractivity contribution in [2.45, 2.75) is 6.92 Å². The van der Waals surface area contributed by atoms with E-state index in [2.05, 4.69) is 26.2 Å². The number of hydrogen-bond acceptors (Lipinski definition) is 4. The largest absolute Gasteiger partial charge is 0.378 e. The minimum absolute atomic E-state index is 0.830. The fourth-order valence-electron chi connectivity index (χ4n) is 2.27. The van der Waals surface area contributed by atoms with Gasteiger partial charge in [0, 0.05) is 31.4 Å². The average molecular weight is 290 g/mol. The molecular weight excluding hydrogens is 272 g/mol. The van der Waals surface area contributed by atoms with Crippen molar-refractivity contribution in [3.05, 3.63) is 60.3 Å². The van der Waals surface area contributed by atoms with Crippen LogP contribution >= 0.6 is 0 Å². The van der Waals surface area contributed by atoms with Crippen molar-refractivity contribution in [2.24, 2.45) is 10.2 Å². The lowest BCUT2D eigenvalue weighted by molar-refractivity contribution is 1.12. The van der Waals surface area contributed by atoms with Crippen LogP contribution in [0.25, 0.3) is 10.9 Å². The first-order valence-corrected chi connectivity index (χ1v) is 7.18. The van der Waals surface area contributed by atoms with E-state index < -0.39 is 0 Å². The van der Waals surface area contributed by atoms with Crippen molar-refractivity contribution >= 4 is 28.0 Å². The molecule has 0 amide bonds. The minimum Gasteiger partial charge on any atom is -0.378 e. The van der Waals surface area contributed by atoms with Crippen LogP contribution in [-0.4, -0.2) is 19.1 Å². The van der Waals surface area contributed by atoms with E-state index in [4.69, 9.17) is 0 Å². The summed E-state index contributed by atoms with van der Waals surface area (Å²) in [6.45, 7) is 2.05. The number of aryl methyl sites for hydroxylation is 1. The zero-order valence-corrected chi connectivity index (χ0v) is 13.0. The van der Waals surface area contributed by atoms with Gasteiger partial charge in [0.1, 0.15) is 0 Å². The Balaban J connectivity index is 1.89. The number of pyridine rings is 1. The summed E-state index contributed by atoms with van der Waals surface area (Å²) in [5, 5.41) is 9.78. The standard InChI is InChI=1S/C18H18N4/c1-13-11-16(22(2)3)7-9-17(13)21-20-15-6-8-18-14(12-15)5-4-10-19-18/h4-12H,1-3H3. The van der Waals surface area contributed by atoms with Crippen molar-refractivity contribution in [3.8, 4) is 0 Å². The second kappa shape index (κ2) is 5.93. The van der Waals surface area contributed by atoms with Crippen LogP contribution in [0.4, 0.5) is 17.1 Å². The highest BCUT2D eigenvalue weighted by Crippen LogP contribution is 2.26. The maximum Gasteiger partial charge on any atom is 0.0887 e. The molecule has 1 heterocycles. The highest BCUT2D eigenvalue weighted by atomic mass is 15.1. The third-order valence-corrected chi connectivity index (χ3v) is 3.56. The molecule has 110 valence electrons. The summed E-state index contributed by atoms with van der Waals surface area (Å²) in [5.74, 6) is 0. The van der Waals surface area contributed by atoms with Crippen LogP contribution in [0.3, 0.4) is 0 Å². The van der Waals surface area contributed by atoms with Gasteiger partial charge in [-0.15, -0.1) is 0 Å². The Kier molecular flexibility index (Phi) is 3.83. The Morgan fingerprint density at radius 2 is 1.82 bits per heavy atom. The highest BCUT2D eigenvalue weighted by Gasteiger charge is 2.01. The van der Waals surface area contributed by atoms with Crippen molar-refractivity contribution in [2.75, 3.05) is 19.0 Å². The van der Waals surface area contributed by atoms with Crippen LogP contribution in [0.15, 0.2) is 65.0 Å². The van der Waals surface area contributed by atoms with Crippen LogP contribution < -0.4 is 4.90 Å². The SMILES string of the molecule is Cc1cc(N(C)C)ccc1N=Nc1ccc2ncccc2c1. The van der Waals surface area contributed by atoms with E-state index in [-0.39, 0.29) is 0 Å². The predicted octanol–water partition coefficient (Wildman–Crippen LogP) is 5.02. The summed E-state index contributed by atoms with van der Waals surface area (Å²) in [6.07, 6.45) is 1.79. The Morgan fingerprint density at radius 1 is 0.955 bits per heavy atom. The molecular formula is C18H18N4. The number of anilines is 1. The maximum atomic E-state index is 4.37. The van der Waals surface area contributed by atoms with E-state index in [1.54, 1.807) is 6.20 Å². The highest BCUT2D eigenvalue weighted by molar-refractivity contribution is 5.81. The number of hydrogen-bond donors (Lipinski definition) is 0. The molecule has 4 heteroatoms. The lowest BCUT2D eigenvalue weighted by Crippen LogP contribution is -2.08. The monoisotopic (exact) mass is 290 g/mol. The Labute approximate surface area is 130 Å². The Bertz CT molecular complexity index is 837. The summed E-state index contributed by atoms with van der Waals surface area (Å²) in [4.78, 5) is 6.38. The van der Waals surface area contributed by atoms with Gasteiger partial charge in [0.15, 0.2) is 0 Å². The number of nitrogens with zero attached hydrogens (tertiary/aromatic N) is 4. The van der Waals surface area contributed by atoms with Crippen LogP contribution in [0, 0.1) is 6.92 Å². The summed E-state index contributed by atoms with van der Waals surface area (Å²) in [5.41, 5.74) is 4.95. The van der Waals surface area contributed by atoms with E-state index in [1.807, 2.05) is 63.5 Å². The average Bonchev–Trinajstić information content (AvgIpc) is 2.53. The molecule has 0 atom stereocenters. The summed E-state index contributed by atoms with van der Waals surface area (Å²) < 4.78 is 0. The van der Waals surface area contributed by atoms with Crippen LogP contribution in [-0.2, 0) is 0 Å². The number of rotatable bonds is 3. The van der Waals surface area contributed by atoms with Crippen LogP contribution in [0.2, 0.25) is 0 Å². The molecule has 22 heavy (non-hydrogen) atoms. The van der Waals surface area contributed by atoms with E-state index in [0.717, 1.165) is 33.5 Å². The smallest absolute Gasteiger partial charge is 0.0887 e. The van der Waals surface area contributed by atoms with Gasteiger partial charge < -0.3 is 4.90 Å². The molecule has 2 aromatic carbocycles. The van der Waals surface area contributed by atoms with Crippen LogP contribution in [0.5, 0.6) is 0 Å². The third-order valence-electron chi connectivity index (χ3n) is 3.56. The summed E-state index contributed by atoms with van der Waals surface area (Å²) >= 11 is 0. The lowest BCUT2D eigenvalue weighted by Gasteiger charge is -2.13. The number of benzene rings is 2. The fraction of sp³-hybridized carbons (Fsp3) is 0.167. The first-order valence-electron chi connectivity index (χ1n) is 7.18. The van der Waals surface area contributed by atoms with Gasteiger partial charge in [-0.2, -0.15) is 10.2 Å². The predicted molar refractivity (Wildman–Crippen MR) is 91.4 cm³/mol. The number of fused-ring (bicyclic) bond motifs is 1. The Morgan fingerprint density at radius 3 is 2.59 bits per heavy atom. The van der Waals surface area contributed by atoms with Crippen molar-refractivity contribution < 1.29 is 0 Å². The number of azo groups is 1. The van der Waals surface area contributed by atoms with E-state index >= 15 is 0 Å². The first-order chi connectivity index (χ1) is 10.6. The molecule has 0 spiro atoms. The zero-order chi connectivity index (χ0) is 15.5. The van der Waals surface area contributed by atoms with Gasteiger partial charge in [-0.1, -0.05) is 6.07 Å². The van der Waals surface area contributed by atoms with Gasteiger partial charge in [0.2, 0.25) is 0 Å². The van der Waals surface area contributed by atoms with Gasteiger partial charge in [-0.05, 0) is 55.0 Å². The molecule has 0 aliphatic carbocycles. The molecule has 0 radical (unpaired) electrons. The molecule has 0 fully saturated rings. The van der Waals surface area contributed by atoms with E-state index in [9.17, 15) is 0 Å². The third kappa shape index (κ3) is 2.96. The molecule has 0 aliphatic heterocycles.